The third-order valence-corrected chi connectivity index (χ3v) is 3.59. The highest BCUT2D eigenvalue weighted by atomic mass is 79.9. The zero-order valence-electron chi connectivity index (χ0n) is 9.82. The summed E-state index contributed by atoms with van der Waals surface area (Å²) in [5, 5.41) is 0.366. The summed E-state index contributed by atoms with van der Waals surface area (Å²) >= 11 is 3.09. The first-order valence-corrected chi connectivity index (χ1v) is 6.83. The molecular formula is C11H17BrF3NO. The zero-order valence-corrected chi connectivity index (χ0v) is 11.4. The Hall–Kier alpha value is -0.260. The zero-order chi connectivity index (χ0) is 13.1. The molecule has 0 radical (unpaired) electrons. The molecule has 6 heteroatoms. The van der Waals surface area contributed by atoms with Crippen molar-refractivity contribution in [3.8, 4) is 0 Å². The van der Waals surface area contributed by atoms with E-state index in [0.29, 0.717) is 18.2 Å². The number of carbonyl (C=O) groups excluding carboxylic acids is 1. The van der Waals surface area contributed by atoms with E-state index < -0.39 is 18.1 Å². The molecule has 0 atom stereocenters. The molecule has 1 fully saturated rings. The summed E-state index contributed by atoms with van der Waals surface area (Å²) in [6.45, 7) is 0.737. The van der Waals surface area contributed by atoms with Crippen LogP contribution in [0.5, 0.6) is 0 Å². The van der Waals surface area contributed by atoms with Gasteiger partial charge < -0.3 is 4.90 Å². The minimum atomic E-state index is -4.33. The van der Waals surface area contributed by atoms with Crippen LogP contribution < -0.4 is 0 Å². The van der Waals surface area contributed by atoms with Gasteiger partial charge in [0.1, 0.15) is 6.54 Å². The van der Waals surface area contributed by atoms with Crippen LogP contribution in [0.3, 0.4) is 0 Å². The molecule has 0 N–H and O–H groups in total. The minimum Gasteiger partial charge on any atom is -0.332 e. The van der Waals surface area contributed by atoms with E-state index in [0.717, 1.165) is 17.7 Å². The van der Waals surface area contributed by atoms with E-state index in [1.54, 1.807) is 6.92 Å². The van der Waals surface area contributed by atoms with Crippen molar-refractivity contribution in [1.82, 2.24) is 4.90 Å². The summed E-state index contributed by atoms with van der Waals surface area (Å²) in [4.78, 5) is 13.1. The van der Waals surface area contributed by atoms with E-state index in [2.05, 4.69) is 15.9 Å². The Kier molecular flexibility index (Phi) is 4.86. The third kappa shape index (κ3) is 4.16. The molecule has 0 aromatic rings. The van der Waals surface area contributed by atoms with Gasteiger partial charge in [-0.2, -0.15) is 13.2 Å². The van der Waals surface area contributed by atoms with Crippen molar-refractivity contribution in [2.45, 2.75) is 38.8 Å². The minimum absolute atomic E-state index is 0.105. The number of alkyl halides is 4. The van der Waals surface area contributed by atoms with E-state index in [4.69, 9.17) is 0 Å². The number of rotatable bonds is 4. The fourth-order valence-electron chi connectivity index (χ4n) is 2.32. The van der Waals surface area contributed by atoms with Crippen LogP contribution in [0.15, 0.2) is 0 Å². The number of halogens is 4. The lowest BCUT2D eigenvalue weighted by Crippen LogP contribution is -2.46. The first-order valence-electron chi connectivity index (χ1n) is 5.71. The highest BCUT2D eigenvalue weighted by Gasteiger charge is 2.42. The predicted molar refractivity (Wildman–Crippen MR) is 63.0 cm³/mol. The maximum absolute atomic E-state index is 12.4. The predicted octanol–water partition coefficient (Wildman–Crippen LogP) is 3.35. The summed E-state index contributed by atoms with van der Waals surface area (Å²) < 4.78 is 37.2. The van der Waals surface area contributed by atoms with Crippen LogP contribution >= 0.6 is 15.9 Å². The lowest BCUT2D eigenvalue weighted by Gasteiger charge is -2.31. The molecule has 0 unspecified atom stereocenters. The molecule has 0 bridgehead atoms. The molecule has 1 amide bonds. The summed E-state index contributed by atoms with van der Waals surface area (Å²) in [6, 6.07) is 0. The van der Waals surface area contributed by atoms with Crippen LogP contribution in [-0.2, 0) is 4.79 Å². The van der Waals surface area contributed by atoms with Crippen molar-refractivity contribution in [3.63, 3.8) is 0 Å². The maximum atomic E-state index is 12.4. The molecular weight excluding hydrogens is 299 g/mol. The first kappa shape index (κ1) is 14.8. The second-order valence-corrected chi connectivity index (χ2v) is 5.59. The van der Waals surface area contributed by atoms with Crippen molar-refractivity contribution < 1.29 is 18.0 Å². The van der Waals surface area contributed by atoms with E-state index in [1.165, 1.54) is 0 Å². The van der Waals surface area contributed by atoms with Crippen molar-refractivity contribution in [1.29, 1.82) is 0 Å². The van der Waals surface area contributed by atoms with Gasteiger partial charge in [0.2, 0.25) is 5.91 Å². The molecule has 0 aromatic heterocycles. The highest BCUT2D eigenvalue weighted by molar-refractivity contribution is 9.09. The Morgan fingerprint density at radius 3 is 2.29 bits per heavy atom. The summed E-state index contributed by atoms with van der Waals surface area (Å²) in [6.07, 6.45) is -1.08. The van der Waals surface area contributed by atoms with Gasteiger partial charge in [0.05, 0.1) is 0 Å². The Morgan fingerprint density at radius 1 is 1.35 bits per heavy atom. The van der Waals surface area contributed by atoms with E-state index in [1.807, 2.05) is 0 Å². The number of hydrogen-bond donors (Lipinski definition) is 0. The molecule has 0 aromatic carbocycles. The molecule has 1 rings (SSSR count). The van der Waals surface area contributed by atoms with Crippen LogP contribution in [0.2, 0.25) is 0 Å². The Balaban J connectivity index is 2.72. The summed E-state index contributed by atoms with van der Waals surface area (Å²) in [5.74, 6) is -0.355. The average molecular weight is 316 g/mol. The number of nitrogens with zero attached hydrogens (tertiary/aromatic N) is 1. The molecule has 0 aliphatic heterocycles. The SMILES string of the molecule is CC1(C(=O)N(CCBr)CC(F)(F)F)CCCC1. The molecule has 0 heterocycles. The quantitative estimate of drug-likeness (QED) is 0.729. The second kappa shape index (κ2) is 5.59. The fraction of sp³-hybridized carbons (Fsp3) is 0.909. The van der Waals surface area contributed by atoms with E-state index >= 15 is 0 Å². The Bertz CT molecular complexity index is 274. The van der Waals surface area contributed by atoms with Gasteiger partial charge in [0.25, 0.3) is 0 Å². The molecule has 2 nitrogen and oxygen atoms in total. The molecule has 1 aliphatic rings. The first-order chi connectivity index (χ1) is 7.78. The third-order valence-electron chi connectivity index (χ3n) is 3.24. The molecule has 0 spiro atoms. The molecule has 1 saturated carbocycles. The monoisotopic (exact) mass is 315 g/mol. The van der Waals surface area contributed by atoms with Crippen LogP contribution in [0, 0.1) is 5.41 Å². The van der Waals surface area contributed by atoms with Crippen LogP contribution in [-0.4, -0.2) is 35.4 Å². The standard InChI is InChI=1S/C11H17BrF3NO/c1-10(4-2-3-5-10)9(17)16(7-6-12)8-11(13,14)15/h2-8H2,1H3. The molecule has 1 aliphatic carbocycles. The van der Waals surface area contributed by atoms with Gasteiger partial charge in [-0.05, 0) is 12.8 Å². The highest BCUT2D eigenvalue weighted by Crippen LogP contribution is 2.39. The molecule has 0 saturated heterocycles. The van der Waals surface area contributed by atoms with Crippen molar-refractivity contribution in [3.05, 3.63) is 0 Å². The van der Waals surface area contributed by atoms with E-state index in [-0.39, 0.29) is 12.5 Å². The van der Waals surface area contributed by atoms with Gasteiger partial charge in [-0.15, -0.1) is 0 Å². The lowest BCUT2D eigenvalue weighted by atomic mass is 9.87. The van der Waals surface area contributed by atoms with Gasteiger partial charge in [0, 0.05) is 17.3 Å². The lowest BCUT2D eigenvalue weighted by molar-refractivity contribution is -0.166. The van der Waals surface area contributed by atoms with Gasteiger partial charge in [-0.1, -0.05) is 35.7 Å². The maximum Gasteiger partial charge on any atom is 0.406 e. The van der Waals surface area contributed by atoms with Gasteiger partial charge in [-0.3, -0.25) is 4.79 Å². The van der Waals surface area contributed by atoms with Crippen LogP contribution in [0.1, 0.15) is 32.6 Å². The van der Waals surface area contributed by atoms with Gasteiger partial charge in [0.15, 0.2) is 0 Å². The largest absolute Gasteiger partial charge is 0.406 e. The number of carbonyl (C=O) groups is 1. The van der Waals surface area contributed by atoms with Crippen LogP contribution in [0.4, 0.5) is 13.2 Å². The smallest absolute Gasteiger partial charge is 0.332 e. The second-order valence-electron chi connectivity index (χ2n) is 4.80. The normalized spacial score (nSPS) is 19.4. The number of hydrogen-bond acceptors (Lipinski definition) is 1. The Morgan fingerprint density at radius 2 is 1.88 bits per heavy atom. The molecule has 17 heavy (non-hydrogen) atoms. The van der Waals surface area contributed by atoms with Crippen molar-refractivity contribution in [2.24, 2.45) is 5.41 Å². The topological polar surface area (TPSA) is 20.3 Å². The fourth-order valence-corrected chi connectivity index (χ4v) is 2.75. The average Bonchev–Trinajstić information content (AvgIpc) is 2.63. The summed E-state index contributed by atoms with van der Waals surface area (Å²) in [5.41, 5.74) is -0.590. The van der Waals surface area contributed by atoms with Crippen molar-refractivity contribution in [2.75, 3.05) is 18.4 Å². The van der Waals surface area contributed by atoms with Gasteiger partial charge in [-0.25, -0.2) is 0 Å². The van der Waals surface area contributed by atoms with Crippen molar-refractivity contribution >= 4 is 21.8 Å². The number of amides is 1. The molecule has 100 valence electrons. The van der Waals surface area contributed by atoms with E-state index in [9.17, 15) is 18.0 Å². The summed E-state index contributed by atoms with van der Waals surface area (Å²) in [7, 11) is 0. The van der Waals surface area contributed by atoms with Crippen LogP contribution in [0.25, 0.3) is 0 Å². The van der Waals surface area contributed by atoms with Gasteiger partial charge >= 0.3 is 6.18 Å². The Labute approximate surface area is 108 Å².